The summed E-state index contributed by atoms with van der Waals surface area (Å²) in [6.45, 7) is 2.52. The van der Waals surface area contributed by atoms with Crippen LogP contribution in [0.4, 0.5) is 0 Å². The summed E-state index contributed by atoms with van der Waals surface area (Å²) in [5, 5.41) is 14.3. The molecular formula is C26H23IN2O6. The van der Waals surface area contributed by atoms with Gasteiger partial charge in [-0.05, 0) is 83.2 Å². The maximum Gasteiger partial charge on any atom is 0.335 e. The van der Waals surface area contributed by atoms with E-state index in [1.54, 1.807) is 18.2 Å². The standard InChI is InChI=1S/C26H23IN2O6/c1-2-34-20-10-15(9-19(27)23(20)35-13-14-3-5-16(6-4-14)26(32)33)12-28-29-24(30)21-17-7-8-18(11-17)22(21)25(29)31/h3-10,12,17-18,21-22H,2,11,13H2,1H3,(H,32,33)/t17-,18-,21-,22+/m0/s1. The molecular weight excluding hydrogens is 563 g/mol. The number of carbonyl (C=O) groups excluding carboxylic acids is 2. The van der Waals surface area contributed by atoms with Crippen molar-refractivity contribution in [1.29, 1.82) is 0 Å². The van der Waals surface area contributed by atoms with Crippen molar-refractivity contribution in [2.75, 3.05) is 6.61 Å². The Bertz CT molecular complexity index is 1230. The fourth-order valence-electron chi connectivity index (χ4n) is 5.09. The second-order valence-electron chi connectivity index (χ2n) is 8.79. The van der Waals surface area contributed by atoms with E-state index in [0.29, 0.717) is 23.7 Å². The molecule has 0 aromatic heterocycles. The van der Waals surface area contributed by atoms with E-state index in [0.717, 1.165) is 20.6 Å². The molecule has 1 N–H and O–H groups in total. The third-order valence-electron chi connectivity index (χ3n) is 6.69. The van der Waals surface area contributed by atoms with Crippen molar-refractivity contribution in [3.05, 3.63) is 68.8 Å². The minimum absolute atomic E-state index is 0.143. The Kier molecular flexibility index (Phi) is 6.35. The topological polar surface area (TPSA) is 106 Å². The van der Waals surface area contributed by atoms with Gasteiger partial charge in [0.15, 0.2) is 11.5 Å². The van der Waals surface area contributed by atoms with Gasteiger partial charge in [-0.2, -0.15) is 10.1 Å². The quantitative estimate of drug-likeness (QED) is 0.216. The molecule has 2 aromatic rings. The molecule has 1 saturated heterocycles. The number of allylic oxidation sites excluding steroid dienone is 2. The molecule has 0 spiro atoms. The Labute approximate surface area is 215 Å². The molecule has 1 aliphatic heterocycles. The number of rotatable bonds is 8. The maximum atomic E-state index is 12.9. The number of fused-ring (bicyclic) bond motifs is 5. The molecule has 9 heteroatoms. The summed E-state index contributed by atoms with van der Waals surface area (Å²) >= 11 is 2.14. The van der Waals surface area contributed by atoms with E-state index >= 15 is 0 Å². The average molecular weight is 586 g/mol. The molecule has 1 saturated carbocycles. The number of carboxylic acids is 1. The molecule has 2 amide bonds. The van der Waals surface area contributed by atoms with Gasteiger partial charge >= 0.3 is 5.97 Å². The number of carbonyl (C=O) groups is 3. The first-order valence-electron chi connectivity index (χ1n) is 11.4. The van der Waals surface area contributed by atoms with E-state index in [9.17, 15) is 14.4 Å². The van der Waals surface area contributed by atoms with E-state index in [-0.39, 0.29) is 47.7 Å². The Hall–Kier alpha value is -3.21. The van der Waals surface area contributed by atoms with Crippen LogP contribution in [-0.4, -0.2) is 40.7 Å². The Morgan fingerprint density at radius 2 is 1.77 bits per heavy atom. The van der Waals surface area contributed by atoms with Gasteiger partial charge in [0, 0.05) is 0 Å². The van der Waals surface area contributed by atoms with Crippen molar-refractivity contribution >= 4 is 46.6 Å². The third-order valence-corrected chi connectivity index (χ3v) is 7.49. The van der Waals surface area contributed by atoms with Crippen molar-refractivity contribution in [1.82, 2.24) is 5.01 Å². The Morgan fingerprint density at radius 1 is 1.11 bits per heavy atom. The summed E-state index contributed by atoms with van der Waals surface area (Å²) in [5.74, 6) is -0.634. The number of carboxylic acid groups (broad SMARTS) is 1. The van der Waals surface area contributed by atoms with Crippen molar-refractivity contribution in [3.63, 3.8) is 0 Å². The molecule has 2 fully saturated rings. The molecule has 1 heterocycles. The molecule has 4 atom stereocenters. The molecule has 180 valence electrons. The van der Waals surface area contributed by atoms with E-state index in [2.05, 4.69) is 39.8 Å². The highest BCUT2D eigenvalue weighted by Gasteiger charge is 2.59. The molecule has 8 nitrogen and oxygen atoms in total. The lowest BCUT2D eigenvalue weighted by Crippen LogP contribution is -2.28. The number of ether oxygens (including phenoxy) is 2. The number of amides is 2. The zero-order valence-corrected chi connectivity index (χ0v) is 21.0. The lowest BCUT2D eigenvalue weighted by molar-refractivity contribution is -0.140. The first-order chi connectivity index (χ1) is 16.9. The molecule has 2 aliphatic carbocycles. The number of hydrogen-bond donors (Lipinski definition) is 1. The fourth-order valence-corrected chi connectivity index (χ4v) is 5.87. The lowest BCUT2D eigenvalue weighted by Gasteiger charge is -2.15. The van der Waals surface area contributed by atoms with Crippen LogP contribution in [0, 0.1) is 27.2 Å². The van der Waals surface area contributed by atoms with E-state index in [1.807, 2.05) is 13.0 Å². The number of hydrazone groups is 1. The minimum atomic E-state index is -0.979. The predicted molar refractivity (Wildman–Crippen MR) is 135 cm³/mol. The monoisotopic (exact) mass is 586 g/mol. The van der Waals surface area contributed by atoms with Gasteiger partial charge in [-0.15, -0.1) is 0 Å². The molecule has 0 radical (unpaired) electrons. The number of imide groups is 1. The molecule has 35 heavy (non-hydrogen) atoms. The molecule has 5 rings (SSSR count). The number of benzene rings is 2. The van der Waals surface area contributed by atoms with Gasteiger partial charge < -0.3 is 14.6 Å². The number of aromatic carboxylic acids is 1. The second kappa shape index (κ2) is 9.44. The number of nitrogens with zero attached hydrogens (tertiary/aromatic N) is 2. The molecule has 3 aliphatic rings. The van der Waals surface area contributed by atoms with Crippen LogP contribution >= 0.6 is 22.6 Å². The predicted octanol–water partition coefficient (Wildman–Crippen LogP) is 4.11. The van der Waals surface area contributed by atoms with E-state index in [4.69, 9.17) is 14.6 Å². The summed E-state index contributed by atoms with van der Waals surface area (Å²) in [4.78, 5) is 36.7. The zero-order valence-electron chi connectivity index (χ0n) is 18.9. The number of hydrogen-bond acceptors (Lipinski definition) is 6. The van der Waals surface area contributed by atoms with E-state index in [1.165, 1.54) is 18.3 Å². The van der Waals surface area contributed by atoms with Crippen molar-refractivity contribution < 1.29 is 29.0 Å². The summed E-state index contributed by atoms with van der Waals surface area (Å²) < 4.78 is 12.6. The van der Waals surface area contributed by atoms with Crippen LogP contribution in [0.2, 0.25) is 0 Å². The molecule has 0 unspecified atom stereocenters. The van der Waals surface area contributed by atoms with Gasteiger partial charge in [-0.3, -0.25) is 9.59 Å². The first kappa shape index (κ1) is 23.5. The SMILES string of the molecule is CCOc1cc(C=NN2C(=O)[C@@H]3[C@H](C2=O)[C@H]2C=C[C@H]3C2)cc(I)c1OCc1ccc(C(=O)O)cc1. The van der Waals surface area contributed by atoms with Gasteiger partial charge in [0.1, 0.15) is 6.61 Å². The van der Waals surface area contributed by atoms with Crippen LogP contribution in [0.3, 0.4) is 0 Å². The first-order valence-corrected chi connectivity index (χ1v) is 12.5. The van der Waals surface area contributed by atoms with Crippen LogP contribution in [0.5, 0.6) is 11.5 Å². The van der Waals surface area contributed by atoms with Crippen LogP contribution in [0.1, 0.15) is 34.8 Å². The van der Waals surface area contributed by atoms with Crippen molar-refractivity contribution in [2.24, 2.45) is 28.8 Å². The zero-order chi connectivity index (χ0) is 24.7. The van der Waals surface area contributed by atoms with Crippen LogP contribution in [0.15, 0.2) is 53.7 Å². The third kappa shape index (κ3) is 4.33. The maximum absolute atomic E-state index is 12.9. The van der Waals surface area contributed by atoms with Crippen LogP contribution in [-0.2, 0) is 16.2 Å². The normalized spacial score (nSPS) is 24.5. The van der Waals surface area contributed by atoms with Gasteiger partial charge in [0.25, 0.3) is 11.8 Å². The Morgan fingerprint density at radius 3 is 2.37 bits per heavy atom. The molecule has 2 aromatic carbocycles. The van der Waals surface area contributed by atoms with E-state index < -0.39 is 5.97 Å². The van der Waals surface area contributed by atoms with Gasteiger partial charge in [-0.1, -0.05) is 24.3 Å². The lowest BCUT2D eigenvalue weighted by atomic mass is 9.85. The summed E-state index contributed by atoms with van der Waals surface area (Å²) in [7, 11) is 0. The van der Waals surface area contributed by atoms with Crippen LogP contribution < -0.4 is 9.47 Å². The highest BCUT2D eigenvalue weighted by Crippen LogP contribution is 2.52. The highest BCUT2D eigenvalue weighted by molar-refractivity contribution is 14.1. The van der Waals surface area contributed by atoms with Gasteiger partial charge in [0.05, 0.1) is 33.8 Å². The fraction of sp³-hybridized carbons (Fsp3) is 0.308. The van der Waals surface area contributed by atoms with Crippen LogP contribution in [0.25, 0.3) is 0 Å². The van der Waals surface area contributed by atoms with Gasteiger partial charge in [0.2, 0.25) is 0 Å². The highest BCUT2D eigenvalue weighted by atomic mass is 127. The Balaban J connectivity index is 1.32. The average Bonchev–Trinajstić information content (AvgIpc) is 3.52. The second-order valence-corrected chi connectivity index (χ2v) is 9.95. The largest absolute Gasteiger partial charge is 0.490 e. The summed E-state index contributed by atoms with van der Waals surface area (Å²) in [6.07, 6.45) is 6.50. The van der Waals surface area contributed by atoms with Gasteiger partial charge in [-0.25, -0.2) is 4.79 Å². The number of halogens is 1. The summed E-state index contributed by atoms with van der Waals surface area (Å²) in [5.41, 5.74) is 1.71. The molecule has 2 bridgehead atoms. The van der Waals surface area contributed by atoms with Crippen molar-refractivity contribution in [3.8, 4) is 11.5 Å². The summed E-state index contributed by atoms with van der Waals surface area (Å²) in [6, 6.07) is 10.1. The minimum Gasteiger partial charge on any atom is -0.490 e. The van der Waals surface area contributed by atoms with Crippen molar-refractivity contribution in [2.45, 2.75) is 20.0 Å². The smallest absolute Gasteiger partial charge is 0.335 e.